The maximum Gasteiger partial charge on any atom is 0.114 e. The van der Waals surface area contributed by atoms with Gasteiger partial charge in [0.25, 0.3) is 0 Å². The molecule has 2 aromatic rings. The SMILES string of the molecule is CNC(c1nc(C(C)C)cs1)c1cccc(Cl)c1Cl. The van der Waals surface area contributed by atoms with Gasteiger partial charge in [-0.25, -0.2) is 4.98 Å². The standard InChI is InChI=1S/C14H16Cl2N2S/c1-8(2)11-7-19-14(18-11)13(17-3)9-5-4-6-10(15)12(9)16/h4-8,13,17H,1-3H3. The van der Waals surface area contributed by atoms with Gasteiger partial charge >= 0.3 is 0 Å². The summed E-state index contributed by atoms with van der Waals surface area (Å²) in [6.07, 6.45) is 0. The van der Waals surface area contributed by atoms with Gasteiger partial charge in [-0.1, -0.05) is 49.2 Å². The summed E-state index contributed by atoms with van der Waals surface area (Å²) in [6.45, 7) is 4.28. The maximum atomic E-state index is 6.29. The molecule has 0 bridgehead atoms. The lowest BCUT2D eigenvalue weighted by Gasteiger charge is -2.16. The van der Waals surface area contributed by atoms with Crippen LogP contribution < -0.4 is 5.32 Å². The van der Waals surface area contributed by atoms with E-state index in [0.29, 0.717) is 16.0 Å². The molecule has 0 aliphatic rings. The van der Waals surface area contributed by atoms with Crippen molar-refractivity contribution in [3.05, 3.63) is 49.9 Å². The number of nitrogens with zero attached hydrogens (tertiary/aromatic N) is 1. The molecular weight excluding hydrogens is 299 g/mol. The monoisotopic (exact) mass is 314 g/mol. The Morgan fingerprint density at radius 3 is 2.58 bits per heavy atom. The first-order valence-corrected chi connectivity index (χ1v) is 7.74. The van der Waals surface area contributed by atoms with E-state index in [1.807, 2.05) is 19.2 Å². The number of rotatable bonds is 4. The van der Waals surface area contributed by atoms with Gasteiger partial charge in [0.15, 0.2) is 0 Å². The van der Waals surface area contributed by atoms with Crippen LogP contribution in [0.1, 0.15) is 42.1 Å². The lowest BCUT2D eigenvalue weighted by molar-refractivity contribution is 0.679. The summed E-state index contributed by atoms with van der Waals surface area (Å²) < 4.78 is 0. The number of aromatic nitrogens is 1. The van der Waals surface area contributed by atoms with Gasteiger partial charge in [0, 0.05) is 5.38 Å². The van der Waals surface area contributed by atoms with E-state index in [1.54, 1.807) is 17.4 Å². The number of benzene rings is 1. The summed E-state index contributed by atoms with van der Waals surface area (Å²) in [6, 6.07) is 5.65. The molecule has 0 amide bonds. The van der Waals surface area contributed by atoms with Crippen LogP contribution in [0.2, 0.25) is 10.0 Å². The highest BCUT2D eigenvalue weighted by molar-refractivity contribution is 7.09. The zero-order chi connectivity index (χ0) is 14.0. The molecule has 0 aliphatic carbocycles. The van der Waals surface area contributed by atoms with E-state index in [4.69, 9.17) is 23.2 Å². The largest absolute Gasteiger partial charge is 0.307 e. The molecule has 102 valence electrons. The Balaban J connectivity index is 2.41. The molecule has 0 aliphatic heterocycles. The third-order valence-corrected chi connectivity index (χ3v) is 4.72. The van der Waals surface area contributed by atoms with E-state index >= 15 is 0 Å². The minimum atomic E-state index is -0.0244. The second-order valence-electron chi connectivity index (χ2n) is 4.63. The van der Waals surface area contributed by atoms with Crippen LogP contribution in [0.3, 0.4) is 0 Å². The molecule has 0 saturated heterocycles. The molecule has 1 heterocycles. The van der Waals surface area contributed by atoms with E-state index in [0.717, 1.165) is 16.3 Å². The third-order valence-electron chi connectivity index (χ3n) is 2.96. The minimum absolute atomic E-state index is 0.0244. The van der Waals surface area contributed by atoms with Crippen molar-refractivity contribution in [3.63, 3.8) is 0 Å². The Kier molecular flexibility index (Phi) is 4.85. The molecular formula is C14H16Cl2N2S. The molecule has 1 atom stereocenters. The summed E-state index contributed by atoms with van der Waals surface area (Å²) in [5.41, 5.74) is 2.07. The quantitative estimate of drug-likeness (QED) is 0.869. The topological polar surface area (TPSA) is 24.9 Å². The van der Waals surface area contributed by atoms with Crippen molar-refractivity contribution in [2.45, 2.75) is 25.8 Å². The molecule has 0 radical (unpaired) electrons. The molecule has 2 rings (SSSR count). The first-order chi connectivity index (χ1) is 9.04. The van der Waals surface area contributed by atoms with Crippen LogP contribution in [0.4, 0.5) is 0 Å². The number of hydrogen-bond donors (Lipinski definition) is 1. The second kappa shape index (κ2) is 6.23. The Hall–Kier alpha value is -0.610. The fourth-order valence-corrected chi connectivity index (χ4v) is 3.38. The molecule has 0 fully saturated rings. The predicted octanol–water partition coefficient (Wildman–Crippen LogP) is 4.88. The van der Waals surface area contributed by atoms with Crippen molar-refractivity contribution < 1.29 is 0 Å². The van der Waals surface area contributed by atoms with E-state index in [1.165, 1.54) is 0 Å². The average molecular weight is 315 g/mol. The number of hydrogen-bond acceptors (Lipinski definition) is 3. The van der Waals surface area contributed by atoms with Gasteiger partial charge in [-0.05, 0) is 24.6 Å². The van der Waals surface area contributed by atoms with E-state index < -0.39 is 0 Å². The van der Waals surface area contributed by atoms with Gasteiger partial charge in [0.2, 0.25) is 0 Å². The van der Waals surface area contributed by atoms with Gasteiger partial charge in [-0.15, -0.1) is 11.3 Å². The zero-order valence-corrected chi connectivity index (χ0v) is 13.4. The average Bonchev–Trinajstić information content (AvgIpc) is 2.85. The summed E-state index contributed by atoms with van der Waals surface area (Å²) in [7, 11) is 1.90. The Labute approximate surface area is 127 Å². The molecule has 1 unspecified atom stereocenters. The summed E-state index contributed by atoms with van der Waals surface area (Å²) in [4.78, 5) is 4.68. The summed E-state index contributed by atoms with van der Waals surface area (Å²) >= 11 is 14.0. The summed E-state index contributed by atoms with van der Waals surface area (Å²) in [5.74, 6) is 0.428. The van der Waals surface area contributed by atoms with Crippen LogP contribution in [0.25, 0.3) is 0 Å². The van der Waals surface area contributed by atoms with Crippen molar-refractivity contribution >= 4 is 34.5 Å². The molecule has 5 heteroatoms. The van der Waals surface area contributed by atoms with Crippen LogP contribution in [-0.4, -0.2) is 12.0 Å². The Bertz CT molecular complexity index is 566. The Morgan fingerprint density at radius 1 is 1.26 bits per heavy atom. The highest BCUT2D eigenvalue weighted by atomic mass is 35.5. The van der Waals surface area contributed by atoms with Gasteiger partial charge in [0.05, 0.1) is 21.8 Å². The van der Waals surface area contributed by atoms with Gasteiger partial charge in [0.1, 0.15) is 5.01 Å². The Morgan fingerprint density at radius 2 is 2.00 bits per heavy atom. The highest BCUT2D eigenvalue weighted by Gasteiger charge is 2.20. The third kappa shape index (κ3) is 3.11. The van der Waals surface area contributed by atoms with Crippen molar-refractivity contribution in [1.29, 1.82) is 0 Å². The lowest BCUT2D eigenvalue weighted by Crippen LogP contribution is -2.18. The van der Waals surface area contributed by atoms with Crippen LogP contribution in [0, 0.1) is 0 Å². The first-order valence-electron chi connectivity index (χ1n) is 6.11. The molecule has 19 heavy (non-hydrogen) atoms. The first kappa shape index (κ1) is 14.8. The summed E-state index contributed by atoms with van der Waals surface area (Å²) in [5, 5.41) is 7.53. The van der Waals surface area contributed by atoms with E-state index in [9.17, 15) is 0 Å². The van der Waals surface area contributed by atoms with Crippen molar-refractivity contribution in [2.24, 2.45) is 0 Å². The van der Waals surface area contributed by atoms with E-state index in [2.05, 4.69) is 29.5 Å². The molecule has 1 aromatic heterocycles. The normalized spacial score (nSPS) is 12.9. The van der Waals surface area contributed by atoms with Crippen molar-refractivity contribution in [3.8, 4) is 0 Å². The molecule has 0 spiro atoms. The predicted molar refractivity (Wildman–Crippen MR) is 83.6 cm³/mol. The van der Waals surface area contributed by atoms with Gasteiger partial charge in [-0.3, -0.25) is 0 Å². The van der Waals surface area contributed by atoms with Crippen LogP contribution in [0.5, 0.6) is 0 Å². The minimum Gasteiger partial charge on any atom is -0.307 e. The fourth-order valence-electron chi connectivity index (χ4n) is 1.85. The second-order valence-corrected chi connectivity index (χ2v) is 6.30. The van der Waals surface area contributed by atoms with Crippen LogP contribution in [0.15, 0.2) is 23.6 Å². The fraction of sp³-hybridized carbons (Fsp3) is 0.357. The van der Waals surface area contributed by atoms with Crippen molar-refractivity contribution in [2.75, 3.05) is 7.05 Å². The molecule has 0 saturated carbocycles. The van der Waals surface area contributed by atoms with Crippen molar-refractivity contribution in [1.82, 2.24) is 10.3 Å². The number of halogens is 2. The maximum absolute atomic E-state index is 6.29. The molecule has 1 aromatic carbocycles. The highest BCUT2D eigenvalue weighted by Crippen LogP contribution is 2.34. The van der Waals surface area contributed by atoms with E-state index in [-0.39, 0.29) is 6.04 Å². The molecule has 2 nitrogen and oxygen atoms in total. The lowest BCUT2D eigenvalue weighted by atomic mass is 10.1. The number of thiazole rings is 1. The van der Waals surface area contributed by atoms with Gasteiger partial charge < -0.3 is 5.32 Å². The number of nitrogens with one attached hydrogen (secondary N) is 1. The molecule has 1 N–H and O–H groups in total. The van der Waals surface area contributed by atoms with Gasteiger partial charge in [-0.2, -0.15) is 0 Å². The zero-order valence-electron chi connectivity index (χ0n) is 11.1. The van der Waals surface area contributed by atoms with Crippen LogP contribution in [-0.2, 0) is 0 Å². The van der Waals surface area contributed by atoms with Crippen LogP contribution >= 0.6 is 34.5 Å². The smallest absolute Gasteiger partial charge is 0.114 e.